The van der Waals surface area contributed by atoms with Crippen molar-refractivity contribution in [3.63, 3.8) is 0 Å². The van der Waals surface area contributed by atoms with Crippen LogP contribution in [0.4, 0.5) is 4.79 Å². The second-order valence-electron chi connectivity index (χ2n) is 11.1. The van der Waals surface area contributed by atoms with Gasteiger partial charge in [-0.25, -0.2) is 4.79 Å². The molecule has 272 valence electrons. The van der Waals surface area contributed by atoms with E-state index in [0.29, 0.717) is 105 Å². The van der Waals surface area contributed by atoms with Crippen LogP contribution in [0.15, 0.2) is 48.5 Å². The van der Waals surface area contributed by atoms with Gasteiger partial charge in [0.1, 0.15) is 13.2 Å². The molecule has 3 rings (SSSR count). The molecule has 1 aliphatic carbocycles. The van der Waals surface area contributed by atoms with E-state index in [9.17, 15) is 14.4 Å². The Kier molecular flexibility index (Phi) is 20.6. The molecule has 2 N–H and O–H groups in total. The summed E-state index contributed by atoms with van der Waals surface area (Å²) < 4.78 is 43.3. The molecule has 13 nitrogen and oxygen atoms in total. The average molecular weight is 690 g/mol. The van der Waals surface area contributed by atoms with Crippen LogP contribution in [0, 0.1) is 0 Å². The van der Waals surface area contributed by atoms with Crippen LogP contribution >= 0.6 is 0 Å². The molecule has 2 aromatic rings. The molecule has 49 heavy (non-hydrogen) atoms. The number of ether oxygens (including phenoxy) is 8. The molecule has 0 aliphatic heterocycles. The number of hydrogen-bond acceptors (Lipinski definition) is 11. The molecule has 0 radical (unpaired) electrons. The van der Waals surface area contributed by atoms with Gasteiger partial charge in [0.05, 0.1) is 72.7 Å². The number of esters is 1. The van der Waals surface area contributed by atoms with Crippen LogP contribution in [-0.4, -0.2) is 122 Å². The van der Waals surface area contributed by atoms with Gasteiger partial charge in [-0.15, -0.1) is 0 Å². The lowest BCUT2D eigenvalue weighted by Crippen LogP contribution is -2.27. The molecule has 0 saturated carbocycles. The number of carboxylic acids is 1. The fourth-order valence-corrected chi connectivity index (χ4v) is 5.05. The summed E-state index contributed by atoms with van der Waals surface area (Å²) in [6.45, 7) is 6.12. The number of benzene rings is 2. The fourth-order valence-electron chi connectivity index (χ4n) is 5.05. The number of rotatable bonds is 29. The van der Waals surface area contributed by atoms with Crippen molar-refractivity contribution in [2.75, 3.05) is 99.0 Å². The maximum atomic E-state index is 12.2. The predicted molar refractivity (Wildman–Crippen MR) is 180 cm³/mol. The second-order valence-corrected chi connectivity index (χ2v) is 11.1. The normalized spacial score (nSPS) is 12.0. The Bertz CT molecular complexity index is 1180. The quantitative estimate of drug-likeness (QED) is 0.0928. The highest BCUT2D eigenvalue weighted by Crippen LogP contribution is 2.44. The smallest absolute Gasteiger partial charge is 0.407 e. The molecule has 0 fully saturated rings. The van der Waals surface area contributed by atoms with Crippen molar-refractivity contribution in [2.45, 2.75) is 38.0 Å². The number of aliphatic carboxylic acids is 1. The van der Waals surface area contributed by atoms with Gasteiger partial charge in [0.15, 0.2) is 0 Å². The van der Waals surface area contributed by atoms with Gasteiger partial charge in [0.2, 0.25) is 0 Å². The number of unbranched alkanes of at least 4 members (excludes halogenated alkanes) is 1. The molecule has 0 aromatic heterocycles. The molecule has 0 unspecified atom stereocenters. The number of nitrogens with one attached hydrogen (secondary N) is 1. The first kappa shape index (κ1) is 39.8. The van der Waals surface area contributed by atoms with Gasteiger partial charge < -0.3 is 48.3 Å². The number of carboxylic acid groups (broad SMARTS) is 1. The van der Waals surface area contributed by atoms with E-state index in [1.165, 1.54) is 22.3 Å². The minimum absolute atomic E-state index is 0.0422. The van der Waals surface area contributed by atoms with Crippen molar-refractivity contribution in [1.29, 1.82) is 0 Å². The van der Waals surface area contributed by atoms with Crippen LogP contribution in [0.3, 0.4) is 0 Å². The molecule has 0 bridgehead atoms. The van der Waals surface area contributed by atoms with E-state index in [4.69, 9.17) is 43.0 Å². The van der Waals surface area contributed by atoms with Crippen molar-refractivity contribution >= 4 is 18.0 Å². The van der Waals surface area contributed by atoms with Gasteiger partial charge in [0, 0.05) is 31.9 Å². The van der Waals surface area contributed by atoms with Crippen molar-refractivity contribution < 1.29 is 57.4 Å². The van der Waals surface area contributed by atoms with E-state index in [1.807, 2.05) is 24.3 Å². The van der Waals surface area contributed by atoms with Gasteiger partial charge in [0.25, 0.3) is 0 Å². The van der Waals surface area contributed by atoms with Crippen LogP contribution in [0.25, 0.3) is 11.1 Å². The number of alkyl carbamates (subject to hydrolysis) is 1. The standard InChI is InChI=1S/C36H51NO12/c38-34(39)12-5-6-13-35(40)48-27-26-47-25-24-46-23-22-45-21-20-44-19-18-43-17-16-42-15-7-14-37-36(41)49-28-33-31-10-3-1-8-29(31)30-9-2-4-11-32(30)33/h1-4,8-11,33H,5-7,12-28H2,(H,37,41)(H,38,39). The first-order chi connectivity index (χ1) is 24.1. The van der Waals surface area contributed by atoms with Crippen molar-refractivity contribution in [2.24, 2.45) is 0 Å². The van der Waals surface area contributed by atoms with Crippen molar-refractivity contribution in [3.8, 4) is 11.1 Å². The second kappa shape index (κ2) is 25.4. The summed E-state index contributed by atoms with van der Waals surface area (Å²) in [5.41, 5.74) is 4.78. The molecule has 0 atom stereocenters. The van der Waals surface area contributed by atoms with Crippen LogP contribution in [0.5, 0.6) is 0 Å². The van der Waals surface area contributed by atoms with Gasteiger partial charge in [-0.1, -0.05) is 48.5 Å². The zero-order valence-electron chi connectivity index (χ0n) is 28.3. The molecule has 13 heteroatoms. The Morgan fingerprint density at radius 2 is 1.00 bits per heavy atom. The Morgan fingerprint density at radius 1 is 0.551 bits per heavy atom. The monoisotopic (exact) mass is 689 g/mol. The van der Waals surface area contributed by atoms with Crippen LogP contribution < -0.4 is 5.32 Å². The molecule has 1 aliphatic rings. The lowest BCUT2D eigenvalue weighted by atomic mass is 9.98. The fraction of sp³-hybridized carbons (Fsp3) is 0.583. The highest BCUT2D eigenvalue weighted by atomic mass is 16.6. The lowest BCUT2D eigenvalue weighted by Gasteiger charge is -2.14. The van der Waals surface area contributed by atoms with Crippen molar-refractivity contribution in [3.05, 3.63) is 59.7 Å². The summed E-state index contributed by atoms with van der Waals surface area (Å²) in [4.78, 5) is 34.2. The Morgan fingerprint density at radius 3 is 1.51 bits per heavy atom. The number of carbonyl (C=O) groups is 3. The zero-order valence-corrected chi connectivity index (χ0v) is 28.3. The molecular weight excluding hydrogens is 638 g/mol. The molecule has 0 heterocycles. The first-order valence-electron chi connectivity index (χ1n) is 17.0. The highest BCUT2D eigenvalue weighted by molar-refractivity contribution is 5.79. The van der Waals surface area contributed by atoms with E-state index in [1.54, 1.807) is 0 Å². The maximum Gasteiger partial charge on any atom is 0.407 e. The summed E-state index contributed by atoms with van der Waals surface area (Å²) in [5, 5.41) is 11.3. The van der Waals surface area contributed by atoms with E-state index in [0.717, 1.165) is 0 Å². The Labute approximate surface area is 288 Å². The third-order valence-electron chi connectivity index (χ3n) is 7.45. The van der Waals surface area contributed by atoms with Crippen molar-refractivity contribution in [1.82, 2.24) is 5.32 Å². The topological polar surface area (TPSA) is 157 Å². The number of hydrogen-bond donors (Lipinski definition) is 2. The largest absolute Gasteiger partial charge is 0.481 e. The highest BCUT2D eigenvalue weighted by Gasteiger charge is 2.28. The van der Waals surface area contributed by atoms with Gasteiger partial charge >= 0.3 is 18.0 Å². The van der Waals surface area contributed by atoms with Gasteiger partial charge in [-0.05, 0) is 41.5 Å². The first-order valence-corrected chi connectivity index (χ1v) is 17.0. The third kappa shape index (κ3) is 17.1. The SMILES string of the molecule is O=C(O)CCCCC(=O)OCCOCCOCCOCCOCCOCCOCCCNC(=O)OCC1c2ccccc2-c2ccccc21. The van der Waals surface area contributed by atoms with E-state index in [-0.39, 0.29) is 37.9 Å². The number of amides is 1. The van der Waals surface area contributed by atoms with Crippen LogP contribution in [0.1, 0.15) is 49.1 Å². The molecule has 2 aromatic carbocycles. The zero-order chi connectivity index (χ0) is 34.8. The van der Waals surface area contributed by atoms with E-state index in [2.05, 4.69) is 29.6 Å². The summed E-state index contributed by atoms with van der Waals surface area (Å²) in [7, 11) is 0. The maximum absolute atomic E-state index is 12.2. The molecular formula is C36H51NO12. The van der Waals surface area contributed by atoms with Gasteiger partial charge in [-0.3, -0.25) is 9.59 Å². The third-order valence-corrected chi connectivity index (χ3v) is 7.45. The van der Waals surface area contributed by atoms with E-state index >= 15 is 0 Å². The van der Waals surface area contributed by atoms with Crippen LogP contribution in [0.2, 0.25) is 0 Å². The molecule has 0 spiro atoms. The summed E-state index contributed by atoms with van der Waals surface area (Å²) >= 11 is 0. The minimum Gasteiger partial charge on any atom is -0.481 e. The molecule has 1 amide bonds. The number of fused-ring (bicyclic) bond motifs is 3. The lowest BCUT2D eigenvalue weighted by molar-refractivity contribution is -0.146. The predicted octanol–water partition coefficient (Wildman–Crippen LogP) is 4.20. The van der Waals surface area contributed by atoms with E-state index < -0.39 is 12.1 Å². The Balaban J connectivity index is 0.997. The average Bonchev–Trinajstić information content (AvgIpc) is 3.43. The minimum atomic E-state index is -0.865. The Hall–Kier alpha value is -3.59. The summed E-state index contributed by atoms with van der Waals surface area (Å²) in [5.74, 6) is -1.17. The summed E-state index contributed by atoms with van der Waals surface area (Å²) in [6, 6.07) is 16.5. The van der Waals surface area contributed by atoms with Crippen LogP contribution in [-0.2, 0) is 47.5 Å². The molecule has 0 saturated heterocycles. The van der Waals surface area contributed by atoms with Gasteiger partial charge in [-0.2, -0.15) is 0 Å². The number of carbonyl (C=O) groups excluding carboxylic acids is 2. The summed E-state index contributed by atoms with van der Waals surface area (Å²) in [6.07, 6.45) is 1.47.